The Labute approximate surface area is 152 Å². The number of hydrogen-bond acceptors (Lipinski definition) is 5. The van der Waals surface area contributed by atoms with Gasteiger partial charge in [-0.15, -0.1) is 24.2 Å². The third-order valence-corrected chi connectivity index (χ3v) is 5.53. The molecule has 24 heavy (non-hydrogen) atoms. The molecule has 0 aliphatic carbocycles. The van der Waals surface area contributed by atoms with Gasteiger partial charge in [-0.05, 0) is 31.5 Å². The maximum Gasteiger partial charge on any atom is 0.242 e. The summed E-state index contributed by atoms with van der Waals surface area (Å²) in [4.78, 5) is 17.8. The van der Waals surface area contributed by atoms with Crippen LogP contribution in [0.15, 0.2) is 24.5 Å². The van der Waals surface area contributed by atoms with E-state index in [1.54, 1.807) is 24.2 Å². The van der Waals surface area contributed by atoms with Gasteiger partial charge in [-0.3, -0.25) is 9.78 Å². The number of likely N-dealkylation sites (tertiary alicyclic amines) is 1. The smallest absolute Gasteiger partial charge is 0.242 e. The largest absolute Gasteiger partial charge is 0.322 e. The van der Waals surface area contributed by atoms with Crippen molar-refractivity contribution >= 4 is 30.1 Å². The van der Waals surface area contributed by atoms with Crippen LogP contribution in [0.5, 0.6) is 0 Å². The average molecular weight is 373 g/mol. The zero-order chi connectivity index (χ0) is 17.0. The van der Waals surface area contributed by atoms with Gasteiger partial charge in [0.05, 0.1) is 18.7 Å². The van der Waals surface area contributed by atoms with E-state index in [0.717, 1.165) is 5.56 Å². The van der Waals surface area contributed by atoms with Gasteiger partial charge in [0.2, 0.25) is 5.91 Å². The highest BCUT2D eigenvalue weighted by Gasteiger charge is 2.42. The lowest BCUT2D eigenvalue weighted by Crippen LogP contribution is -2.54. The number of nitriles is 1. The van der Waals surface area contributed by atoms with Crippen LogP contribution in [0.4, 0.5) is 4.39 Å². The number of carbonyl (C=O) groups is 1. The molecule has 5 nitrogen and oxygen atoms in total. The minimum atomic E-state index is -1.15. The molecule has 0 saturated carbocycles. The van der Waals surface area contributed by atoms with Crippen molar-refractivity contribution in [1.29, 1.82) is 5.26 Å². The Balaban J connectivity index is 0.00000288. The minimum Gasteiger partial charge on any atom is -0.322 e. The number of rotatable bonds is 5. The molecule has 0 spiro atoms. The number of alkyl halides is 1. The quantitative estimate of drug-likeness (QED) is 0.857. The van der Waals surface area contributed by atoms with Crippen molar-refractivity contribution in [3.05, 3.63) is 30.1 Å². The van der Waals surface area contributed by atoms with Crippen molar-refractivity contribution in [1.82, 2.24) is 9.88 Å². The highest BCUT2D eigenvalue weighted by atomic mass is 35.5. The summed E-state index contributed by atoms with van der Waals surface area (Å²) in [7, 11) is 0. The molecule has 1 saturated heterocycles. The summed E-state index contributed by atoms with van der Waals surface area (Å²) >= 11 is 1.56. The monoisotopic (exact) mass is 372 g/mol. The van der Waals surface area contributed by atoms with E-state index >= 15 is 0 Å². The summed E-state index contributed by atoms with van der Waals surface area (Å²) in [6, 6.07) is 4.30. The van der Waals surface area contributed by atoms with Crippen LogP contribution < -0.4 is 5.73 Å². The molecule has 2 N–H and O–H groups in total. The Bertz CT molecular complexity index is 595. The van der Waals surface area contributed by atoms with Crippen molar-refractivity contribution in [2.75, 3.05) is 6.54 Å². The van der Waals surface area contributed by atoms with E-state index in [4.69, 9.17) is 11.0 Å². The third kappa shape index (κ3) is 4.82. The fourth-order valence-electron chi connectivity index (χ4n) is 2.46. The third-order valence-electron chi connectivity index (χ3n) is 4.06. The molecule has 1 aliphatic heterocycles. The number of pyridine rings is 1. The number of halogens is 2. The van der Waals surface area contributed by atoms with E-state index in [1.165, 1.54) is 4.90 Å². The molecule has 1 aliphatic rings. The van der Waals surface area contributed by atoms with E-state index < -0.39 is 23.0 Å². The summed E-state index contributed by atoms with van der Waals surface area (Å²) in [5.74, 6) is 0.341. The van der Waals surface area contributed by atoms with Crippen molar-refractivity contribution in [2.24, 2.45) is 5.73 Å². The molecule has 8 heteroatoms. The molecular formula is C16H22ClFN4OS. The molecule has 132 valence electrons. The van der Waals surface area contributed by atoms with Crippen LogP contribution in [0, 0.1) is 11.3 Å². The summed E-state index contributed by atoms with van der Waals surface area (Å²) in [6.07, 6.45) is 2.36. The van der Waals surface area contributed by atoms with Gasteiger partial charge in [-0.25, -0.2) is 4.39 Å². The van der Waals surface area contributed by atoms with Crippen LogP contribution in [0.1, 0.15) is 25.8 Å². The van der Waals surface area contributed by atoms with Crippen molar-refractivity contribution in [3.8, 4) is 6.07 Å². The fourth-order valence-corrected chi connectivity index (χ4v) is 3.48. The summed E-state index contributed by atoms with van der Waals surface area (Å²) < 4.78 is 13.0. The SMILES string of the molecule is CC(C)(SCc1ccncc1)[C@H](N)C(=O)N1C[C@@H](F)C[C@H]1C#N.Cl. The second-order valence-corrected chi connectivity index (χ2v) is 7.82. The summed E-state index contributed by atoms with van der Waals surface area (Å²) in [5.41, 5.74) is 7.24. The van der Waals surface area contributed by atoms with Gasteiger partial charge in [-0.1, -0.05) is 0 Å². The van der Waals surface area contributed by atoms with Crippen LogP contribution in [-0.4, -0.2) is 45.3 Å². The van der Waals surface area contributed by atoms with E-state index in [2.05, 4.69) is 4.98 Å². The van der Waals surface area contributed by atoms with Crippen molar-refractivity contribution in [3.63, 3.8) is 0 Å². The van der Waals surface area contributed by atoms with Gasteiger partial charge in [0, 0.05) is 29.3 Å². The van der Waals surface area contributed by atoms with Crippen LogP contribution in [0.3, 0.4) is 0 Å². The lowest BCUT2D eigenvalue weighted by Gasteiger charge is -2.33. The highest BCUT2D eigenvalue weighted by Crippen LogP contribution is 2.32. The summed E-state index contributed by atoms with van der Waals surface area (Å²) in [5, 5.41) is 9.08. The van der Waals surface area contributed by atoms with Gasteiger partial charge >= 0.3 is 0 Å². The number of nitrogens with zero attached hydrogens (tertiary/aromatic N) is 3. The van der Waals surface area contributed by atoms with Gasteiger partial charge in [-0.2, -0.15) is 5.26 Å². The Morgan fingerprint density at radius 1 is 1.58 bits per heavy atom. The number of carbonyl (C=O) groups excluding carboxylic acids is 1. The van der Waals surface area contributed by atoms with Crippen molar-refractivity contribution in [2.45, 2.75) is 49.0 Å². The molecule has 0 bridgehead atoms. The Hall–Kier alpha value is -1.36. The molecule has 1 amide bonds. The van der Waals surface area contributed by atoms with Crippen LogP contribution >= 0.6 is 24.2 Å². The second-order valence-electron chi connectivity index (χ2n) is 6.19. The number of hydrogen-bond donors (Lipinski definition) is 1. The molecule has 2 heterocycles. The first-order chi connectivity index (χ1) is 10.8. The van der Waals surface area contributed by atoms with E-state index in [9.17, 15) is 9.18 Å². The van der Waals surface area contributed by atoms with Crippen LogP contribution in [-0.2, 0) is 10.5 Å². The van der Waals surface area contributed by atoms with Crippen LogP contribution in [0.2, 0.25) is 0 Å². The molecule has 0 unspecified atom stereocenters. The first-order valence-electron chi connectivity index (χ1n) is 7.47. The molecule has 1 fully saturated rings. The summed E-state index contributed by atoms with van der Waals surface area (Å²) in [6.45, 7) is 3.74. The molecule has 0 aromatic carbocycles. The predicted molar refractivity (Wildman–Crippen MR) is 95.5 cm³/mol. The van der Waals surface area contributed by atoms with Crippen molar-refractivity contribution < 1.29 is 9.18 Å². The molecule has 0 radical (unpaired) electrons. The van der Waals surface area contributed by atoms with E-state index in [1.807, 2.05) is 32.0 Å². The Kier molecular flexibility index (Phi) is 7.46. The number of amides is 1. The van der Waals surface area contributed by atoms with Gasteiger partial charge in [0.15, 0.2) is 0 Å². The zero-order valence-corrected chi connectivity index (χ0v) is 15.3. The van der Waals surface area contributed by atoms with Gasteiger partial charge in [0.25, 0.3) is 0 Å². The van der Waals surface area contributed by atoms with Crippen LogP contribution in [0.25, 0.3) is 0 Å². The normalized spacial score (nSPS) is 21.7. The molecule has 3 atom stereocenters. The highest BCUT2D eigenvalue weighted by molar-refractivity contribution is 7.99. The number of aromatic nitrogens is 1. The standard InChI is InChI=1S/C16H21FN4OS.ClH/c1-16(2,23-10-11-3-5-20-6-4-11)14(19)15(22)21-9-12(17)7-13(21)8-18;/h3-6,12-14H,7,9-10,19H2,1-2H3;1H/t12-,13-,14+;/m0./s1. The van der Waals surface area contributed by atoms with Gasteiger partial charge in [0.1, 0.15) is 12.2 Å². The molecule has 2 rings (SSSR count). The maximum absolute atomic E-state index is 13.5. The Morgan fingerprint density at radius 3 is 2.79 bits per heavy atom. The molecule has 1 aromatic rings. The second kappa shape index (κ2) is 8.65. The van der Waals surface area contributed by atoms with Gasteiger partial charge < -0.3 is 10.6 Å². The van der Waals surface area contributed by atoms with E-state index in [0.29, 0.717) is 5.75 Å². The minimum absolute atomic E-state index is 0. The lowest BCUT2D eigenvalue weighted by atomic mass is 10.0. The zero-order valence-electron chi connectivity index (χ0n) is 13.7. The molecule has 1 aromatic heterocycles. The lowest BCUT2D eigenvalue weighted by molar-refractivity contribution is -0.133. The predicted octanol–water partition coefficient (Wildman–Crippen LogP) is 2.31. The van der Waals surface area contributed by atoms with E-state index in [-0.39, 0.29) is 31.3 Å². The average Bonchev–Trinajstić information content (AvgIpc) is 2.93. The maximum atomic E-state index is 13.5. The number of nitrogens with two attached hydrogens (primary N) is 1. The number of thioether (sulfide) groups is 1. The Morgan fingerprint density at radius 2 is 2.21 bits per heavy atom. The topological polar surface area (TPSA) is 83.0 Å². The first kappa shape index (κ1) is 20.7. The first-order valence-corrected chi connectivity index (χ1v) is 8.46. The molecular weight excluding hydrogens is 351 g/mol. The fraction of sp³-hybridized carbons (Fsp3) is 0.562.